The minimum Gasteiger partial charge on any atom is -0.446 e. The van der Waals surface area contributed by atoms with E-state index in [1.165, 1.54) is 6.08 Å². The maximum Gasteiger partial charge on any atom is 0.249 e. The second-order valence-electron chi connectivity index (χ2n) is 7.91. The third kappa shape index (κ3) is 4.87. The second kappa shape index (κ2) is 10.1. The number of aromatic nitrogens is 3. The molecule has 4 aromatic heterocycles. The third-order valence-corrected chi connectivity index (χ3v) is 5.29. The topological polar surface area (TPSA) is 99.4 Å². The number of carbonyl (C=O) groups excluding carboxylic acids is 1. The van der Waals surface area contributed by atoms with Gasteiger partial charge < -0.3 is 19.6 Å². The van der Waals surface area contributed by atoms with Crippen LogP contribution in [0.4, 0.5) is 0 Å². The summed E-state index contributed by atoms with van der Waals surface area (Å²) in [5, 5.41) is 4.66. The molecule has 8 nitrogen and oxygen atoms in total. The first-order chi connectivity index (χ1) is 16.5. The molecule has 1 amide bonds. The van der Waals surface area contributed by atoms with Crippen molar-refractivity contribution in [1.82, 2.24) is 25.2 Å². The lowest BCUT2D eigenvalue weighted by atomic mass is 10.0. The first-order valence-electron chi connectivity index (χ1n) is 10.8. The van der Waals surface area contributed by atoms with Crippen molar-refractivity contribution in [2.24, 2.45) is 4.99 Å². The van der Waals surface area contributed by atoms with Crippen LogP contribution >= 0.6 is 0 Å². The minimum atomic E-state index is -0.265. The molecule has 0 unspecified atom stereocenters. The Labute approximate surface area is 197 Å². The van der Waals surface area contributed by atoms with Crippen LogP contribution in [-0.4, -0.2) is 53.1 Å². The molecule has 4 aromatic rings. The molecule has 8 heteroatoms. The highest BCUT2D eigenvalue weighted by atomic mass is 16.3. The number of allylic oxidation sites excluding steroid dienone is 3. The number of hydrogen-bond acceptors (Lipinski definition) is 6. The Morgan fingerprint density at radius 2 is 2.12 bits per heavy atom. The first kappa shape index (κ1) is 22.9. The first-order valence-corrected chi connectivity index (χ1v) is 10.8. The Morgan fingerprint density at radius 1 is 1.26 bits per heavy atom. The normalized spacial score (nSPS) is 12.8. The average molecular weight is 455 g/mol. The molecule has 172 valence electrons. The highest BCUT2D eigenvalue weighted by molar-refractivity contribution is 6.03. The Bertz CT molecular complexity index is 1440. The lowest BCUT2D eigenvalue weighted by molar-refractivity contribution is -0.115. The van der Waals surface area contributed by atoms with Crippen LogP contribution in [0.1, 0.15) is 12.5 Å². The molecule has 0 aromatic carbocycles. The third-order valence-electron chi connectivity index (χ3n) is 5.29. The van der Waals surface area contributed by atoms with Gasteiger partial charge in [0.2, 0.25) is 11.6 Å². The van der Waals surface area contributed by atoms with Gasteiger partial charge in [0.25, 0.3) is 0 Å². The number of likely N-dealkylation sites (N-methyl/N-ethyl adjacent to an activating group) is 1. The number of nitrogens with one attached hydrogen (secondary N) is 2. The smallest absolute Gasteiger partial charge is 0.249 e. The lowest BCUT2D eigenvalue weighted by Crippen LogP contribution is -2.20. The van der Waals surface area contributed by atoms with Crippen LogP contribution in [0, 0.1) is 0 Å². The fourth-order valence-corrected chi connectivity index (χ4v) is 3.63. The summed E-state index contributed by atoms with van der Waals surface area (Å²) in [4.78, 5) is 30.3. The standard InChI is InChI=1S/C26H26N6O2/c1-5-17(14-23(27-2)31-24(33)7-6-11-32(3)4)18-13-21-22(16-30-25(21)29-15-18)19-8-10-28-26-20(19)9-12-34-26/h5-10,12-16H,2,11H2,1,3-4H3,(H,29,30)(H,31,33)/b7-6+,17-5+,23-14+. The van der Waals surface area contributed by atoms with E-state index in [-0.39, 0.29) is 5.91 Å². The van der Waals surface area contributed by atoms with Gasteiger partial charge in [0, 0.05) is 53.1 Å². The molecule has 34 heavy (non-hydrogen) atoms. The molecule has 0 atom stereocenters. The summed E-state index contributed by atoms with van der Waals surface area (Å²) in [5.74, 6) is 0.0931. The maximum atomic E-state index is 12.2. The number of aromatic amines is 1. The molecule has 0 fully saturated rings. The van der Waals surface area contributed by atoms with E-state index < -0.39 is 0 Å². The monoisotopic (exact) mass is 454 g/mol. The fourth-order valence-electron chi connectivity index (χ4n) is 3.63. The van der Waals surface area contributed by atoms with E-state index in [2.05, 4.69) is 38.0 Å². The number of nitrogens with zero attached hydrogens (tertiary/aromatic N) is 4. The van der Waals surface area contributed by atoms with E-state index >= 15 is 0 Å². The van der Waals surface area contributed by atoms with E-state index in [9.17, 15) is 4.79 Å². The summed E-state index contributed by atoms with van der Waals surface area (Å²) in [6.45, 7) is 6.19. The van der Waals surface area contributed by atoms with Crippen LogP contribution in [-0.2, 0) is 4.79 Å². The molecule has 0 spiro atoms. The van der Waals surface area contributed by atoms with Crippen molar-refractivity contribution in [2.75, 3.05) is 20.6 Å². The summed E-state index contributed by atoms with van der Waals surface area (Å²) in [7, 11) is 3.87. The number of hydrogen-bond donors (Lipinski definition) is 2. The van der Waals surface area contributed by atoms with Gasteiger partial charge in [0.05, 0.1) is 6.26 Å². The Morgan fingerprint density at radius 3 is 2.88 bits per heavy atom. The van der Waals surface area contributed by atoms with Crippen molar-refractivity contribution < 1.29 is 9.21 Å². The summed E-state index contributed by atoms with van der Waals surface area (Å²) < 4.78 is 5.46. The van der Waals surface area contributed by atoms with Gasteiger partial charge in [0.1, 0.15) is 11.5 Å². The van der Waals surface area contributed by atoms with Gasteiger partial charge in [-0.15, -0.1) is 0 Å². The van der Waals surface area contributed by atoms with Gasteiger partial charge in [-0.1, -0.05) is 12.2 Å². The predicted molar refractivity (Wildman–Crippen MR) is 136 cm³/mol. The Kier molecular flexibility index (Phi) is 6.79. The van der Waals surface area contributed by atoms with Gasteiger partial charge in [-0.3, -0.25) is 4.79 Å². The molecule has 4 rings (SSSR count). The van der Waals surface area contributed by atoms with Crippen LogP contribution < -0.4 is 5.32 Å². The second-order valence-corrected chi connectivity index (χ2v) is 7.91. The van der Waals surface area contributed by atoms with Crippen LogP contribution in [0.3, 0.4) is 0 Å². The number of amides is 1. The molecule has 0 aliphatic rings. The molecule has 0 aliphatic heterocycles. The predicted octanol–water partition coefficient (Wildman–Crippen LogP) is 4.55. The SMILES string of the molecule is C=N/C(=C\C(=C/C)c1cnc2[nH]cc(-c3ccnc4occc34)c2c1)NC(=O)/C=C/CN(C)C. The molecule has 0 saturated heterocycles. The van der Waals surface area contributed by atoms with Crippen LogP contribution in [0.15, 0.2) is 82.6 Å². The van der Waals surface area contributed by atoms with Crippen molar-refractivity contribution in [2.45, 2.75) is 6.92 Å². The van der Waals surface area contributed by atoms with Gasteiger partial charge in [-0.25, -0.2) is 15.0 Å². The van der Waals surface area contributed by atoms with E-state index in [4.69, 9.17) is 4.42 Å². The summed E-state index contributed by atoms with van der Waals surface area (Å²) in [5.41, 5.74) is 5.10. The number of rotatable bonds is 8. The largest absolute Gasteiger partial charge is 0.446 e. The Hall–Kier alpha value is -4.30. The average Bonchev–Trinajstić information content (AvgIpc) is 3.48. The lowest BCUT2D eigenvalue weighted by Gasteiger charge is -2.08. The quantitative estimate of drug-likeness (QED) is 0.231. The molecule has 0 bridgehead atoms. The van der Waals surface area contributed by atoms with Crippen molar-refractivity contribution in [3.05, 3.63) is 78.7 Å². The van der Waals surface area contributed by atoms with E-state index in [1.807, 2.05) is 50.3 Å². The number of aliphatic imine (C=N–C) groups is 1. The summed E-state index contributed by atoms with van der Waals surface area (Å²) in [6, 6.07) is 5.93. The Balaban J connectivity index is 1.66. The van der Waals surface area contributed by atoms with Crippen LogP contribution in [0.25, 0.3) is 38.8 Å². The molecule has 0 aliphatic carbocycles. The van der Waals surface area contributed by atoms with E-state index in [0.717, 1.165) is 38.7 Å². The van der Waals surface area contributed by atoms with Crippen molar-refractivity contribution in [3.63, 3.8) is 0 Å². The summed E-state index contributed by atoms with van der Waals surface area (Å²) >= 11 is 0. The van der Waals surface area contributed by atoms with Gasteiger partial charge in [-0.05, 0) is 63.1 Å². The molecule has 2 N–H and O–H groups in total. The summed E-state index contributed by atoms with van der Waals surface area (Å²) in [6.07, 6.45) is 14.1. The number of carbonyl (C=O) groups is 1. The number of H-pyrrole nitrogens is 1. The van der Waals surface area contributed by atoms with Crippen molar-refractivity contribution in [3.8, 4) is 11.1 Å². The zero-order valence-electron chi connectivity index (χ0n) is 19.4. The molecular weight excluding hydrogens is 428 g/mol. The maximum absolute atomic E-state index is 12.2. The zero-order chi connectivity index (χ0) is 24.1. The van der Waals surface area contributed by atoms with Crippen molar-refractivity contribution in [1.29, 1.82) is 0 Å². The highest BCUT2D eigenvalue weighted by Crippen LogP contribution is 2.34. The van der Waals surface area contributed by atoms with Crippen LogP contribution in [0.2, 0.25) is 0 Å². The molecule has 0 saturated carbocycles. The zero-order valence-corrected chi connectivity index (χ0v) is 19.4. The highest BCUT2D eigenvalue weighted by Gasteiger charge is 2.13. The number of furan rings is 1. The number of fused-ring (bicyclic) bond motifs is 2. The molecular formula is C26H26N6O2. The minimum absolute atomic E-state index is 0.265. The van der Waals surface area contributed by atoms with Crippen molar-refractivity contribution >= 4 is 40.3 Å². The molecule has 0 radical (unpaired) electrons. The van der Waals surface area contributed by atoms with E-state index in [1.54, 1.807) is 30.8 Å². The van der Waals surface area contributed by atoms with Crippen LogP contribution in [0.5, 0.6) is 0 Å². The fraction of sp³-hybridized carbons (Fsp3) is 0.154. The van der Waals surface area contributed by atoms with Gasteiger partial charge in [-0.2, -0.15) is 0 Å². The molecule has 4 heterocycles. The van der Waals surface area contributed by atoms with Gasteiger partial charge >= 0.3 is 0 Å². The van der Waals surface area contributed by atoms with Gasteiger partial charge in [0.15, 0.2) is 0 Å². The number of pyridine rings is 2. The van der Waals surface area contributed by atoms with E-state index in [0.29, 0.717) is 18.1 Å².